The van der Waals surface area contributed by atoms with Crippen molar-refractivity contribution in [1.29, 1.82) is 0 Å². The lowest BCUT2D eigenvalue weighted by molar-refractivity contribution is 0.0953. The fourth-order valence-corrected chi connectivity index (χ4v) is 2.73. The molecule has 0 aliphatic rings. The van der Waals surface area contributed by atoms with Crippen LogP contribution in [0.3, 0.4) is 0 Å². The molecule has 100 valence electrons. The van der Waals surface area contributed by atoms with Crippen molar-refractivity contribution in [2.45, 2.75) is 13.3 Å². The number of thiazole rings is 1. The summed E-state index contributed by atoms with van der Waals surface area (Å²) in [6.07, 6.45) is 0.673. The SMILES string of the molecule is Cc1nc(CCNC(=O)c2cc(F)cc(Br)c2)cs1. The van der Waals surface area contributed by atoms with Crippen molar-refractivity contribution in [3.05, 3.63) is 50.1 Å². The minimum absolute atomic E-state index is 0.285. The molecule has 0 fully saturated rings. The number of halogens is 2. The van der Waals surface area contributed by atoms with Crippen molar-refractivity contribution in [1.82, 2.24) is 10.3 Å². The summed E-state index contributed by atoms with van der Waals surface area (Å²) in [5, 5.41) is 5.73. The molecule has 0 radical (unpaired) electrons. The Kier molecular flexibility index (Phi) is 4.66. The molecule has 1 N–H and O–H groups in total. The molecule has 0 bridgehead atoms. The van der Waals surface area contributed by atoms with Crippen LogP contribution in [-0.2, 0) is 6.42 Å². The maximum absolute atomic E-state index is 13.2. The Bertz CT molecular complexity index is 580. The predicted molar refractivity (Wildman–Crippen MR) is 77.0 cm³/mol. The Labute approximate surface area is 123 Å². The maximum atomic E-state index is 13.2. The first-order valence-electron chi connectivity index (χ1n) is 5.70. The molecule has 1 heterocycles. The number of carbonyl (C=O) groups excluding carboxylic acids is 1. The molecule has 6 heteroatoms. The van der Waals surface area contributed by atoms with Crippen LogP contribution < -0.4 is 5.32 Å². The third-order valence-electron chi connectivity index (χ3n) is 2.46. The van der Waals surface area contributed by atoms with Gasteiger partial charge in [0.05, 0.1) is 10.7 Å². The molecule has 0 saturated carbocycles. The largest absolute Gasteiger partial charge is 0.352 e. The lowest BCUT2D eigenvalue weighted by Crippen LogP contribution is -2.25. The summed E-state index contributed by atoms with van der Waals surface area (Å²) < 4.78 is 13.7. The number of nitrogens with one attached hydrogen (secondary N) is 1. The number of nitrogens with zero attached hydrogens (tertiary/aromatic N) is 1. The smallest absolute Gasteiger partial charge is 0.251 e. The molecule has 1 amide bonds. The lowest BCUT2D eigenvalue weighted by atomic mass is 10.2. The number of rotatable bonds is 4. The van der Waals surface area contributed by atoms with Crippen molar-refractivity contribution in [3.63, 3.8) is 0 Å². The van der Waals surface area contributed by atoms with Crippen molar-refractivity contribution >= 4 is 33.2 Å². The number of carbonyl (C=O) groups is 1. The first-order valence-corrected chi connectivity index (χ1v) is 7.37. The van der Waals surface area contributed by atoms with Gasteiger partial charge in [-0.1, -0.05) is 15.9 Å². The van der Waals surface area contributed by atoms with Crippen LogP contribution in [0, 0.1) is 12.7 Å². The molecule has 0 aliphatic carbocycles. The fourth-order valence-electron chi connectivity index (χ4n) is 1.61. The lowest BCUT2D eigenvalue weighted by Gasteiger charge is -2.05. The van der Waals surface area contributed by atoms with Crippen LogP contribution >= 0.6 is 27.3 Å². The molecule has 1 aromatic carbocycles. The molecule has 2 aromatic rings. The second kappa shape index (κ2) is 6.25. The van der Waals surface area contributed by atoms with Crippen LogP contribution in [0.5, 0.6) is 0 Å². The van der Waals surface area contributed by atoms with E-state index in [1.807, 2.05) is 12.3 Å². The normalized spacial score (nSPS) is 10.5. The zero-order chi connectivity index (χ0) is 13.8. The zero-order valence-electron chi connectivity index (χ0n) is 10.2. The Morgan fingerprint density at radius 1 is 1.47 bits per heavy atom. The standard InChI is InChI=1S/C13H12BrFN2OS/c1-8-17-12(7-19-8)2-3-16-13(18)9-4-10(14)6-11(15)5-9/h4-7H,2-3H2,1H3,(H,16,18). The number of amides is 1. The molecule has 0 saturated heterocycles. The van der Waals surface area contributed by atoms with Crippen LogP contribution in [-0.4, -0.2) is 17.4 Å². The highest BCUT2D eigenvalue weighted by molar-refractivity contribution is 9.10. The van der Waals surface area contributed by atoms with Gasteiger partial charge in [0.15, 0.2) is 0 Å². The number of aryl methyl sites for hydroxylation is 1. The van der Waals surface area contributed by atoms with E-state index >= 15 is 0 Å². The molecule has 3 nitrogen and oxygen atoms in total. The predicted octanol–water partition coefficient (Wildman–Crippen LogP) is 3.33. The van der Waals surface area contributed by atoms with E-state index in [9.17, 15) is 9.18 Å². The molecular formula is C13H12BrFN2OS. The molecular weight excluding hydrogens is 331 g/mol. The minimum Gasteiger partial charge on any atom is -0.352 e. The van der Waals surface area contributed by atoms with E-state index in [4.69, 9.17) is 0 Å². The van der Waals surface area contributed by atoms with Gasteiger partial charge in [-0.2, -0.15) is 0 Å². The Hall–Kier alpha value is -1.27. The first kappa shape index (κ1) is 14.1. The van der Waals surface area contributed by atoms with E-state index in [2.05, 4.69) is 26.2 Å². The average Bonchev–Trinajstić information content (AvgIpc) is 2.73. The van der Waals surface area contributed by atoms with Gasteiger partial charge in [-0.15, -0.1) is 11.3 Å². The second-order valence-corrected chi connectivity index (χ2v) is 6.00. The van der Waals surface area contributed by atoms with Crippen molar-refractivity contribution < 1.29 is 9.18 Å². The van der Waals surface area contributed by atoms with Gasteiger partial charge in [-0.05, 0) is 25.1 Å². The Morgan fingerprint density at radius 3 is 2.89 bits per heavy atom. The summed E-state index contributed by atoms with van der Waals surface area (Å²) in [5.41, 5.74) is 1.27. The van der Waals surface area contributed by atoms with Crippen LogP contribution in [0.2, 0.25) is 0 Å². The number of benzene rings is 1. The van der Waals surface area contributed by atoms with E-state index in [1.54, 1.807) is 17.4 Å². The van der Waals surface area contributed by atoms with Gasteiger partial charge in [-0.3, -0.25) is 4.79 Å². The third kappa shape index (κ3) is 4.11. The minimum atomic E-state index is -0.436. The molecule has 0 unspecified atom stereocenters. The molecule has 0 aliphatic heterocycles. The summed E-state index contributed by atoms with van der Waals surface area (Å²) in [4.78, 5) is 16.1. The van der Waals surface area contributed by atoms with E-state index in [0.717, 1.165) is 10.7 Å². The van der Waals surface area contributed by atoms with Crippen LogP contribution in [0.1, 0.15) is 21.1 Å². The molecule has 19 heavy (non-hydrogen) atoms. The summed E-state index contributed by atoms with van der Waals surface area (Å²) in [6, 6.07) is 4.12. The fraction of sp³-hybridized carbons (Fsp3) is 0.231. The third-order valence-corrected chi connectivity index (χ3v) is 3.74. The van der Waals surface area contributed by atoms with Crippen molar-refractivity contribution in [2.24, 2.45) is 0 Å². The first-order chi connectivity index (χ1) is 9.04. The Balaban J connectivity index is 1.90. The van der Waals surface area contributed by atoms with E-state index in [-0.39, 0.29) is 5.91 Å². The average molecular weight is 343 g/mol. The van der Waals surface area contributed by atoms with Gasteiger partial charge in [0.25, 0.3) is 5.91 Å². The van der Waals surface area contributed by atoms with Gasteiger partial charge < -0.3 is 5.32 Å². The van der Waals surface area contributed by atoms with E-state index in [1.165, 1.54) is 12.1 Å². The molecule has 0 atom stereocenters. The van der Waals surface area contributed by atoms with E-state index in [0.29, 0.717) is 23.0 Å². The zero-order valence-corrected chi connectivity index (χ0v) is 12.6. The highest BCUT2D eigenvalue weighted by atomic mass is 79.9. The van der Waals surface area contributed by atoms with Crippen LogP contribution in [0.4, 0.5) is 4.39 Å². The number of hydrogen-bond donors (Lipinski definition) is 1. The van der Waals surface area contributed by atoms with Gasteiger partial charge in [-0.25, -0.2) is 9.37 Å². The summed E-state index contributed by atoms with van der Waals surface area (Å²) in [6.45, 7) is 2.42. The van der Waals surface area contributed by atoms with Gasteiger partial charge in [0.2, 0.25) is 0 Å². The highest BCUT2D eigenvalue weighted by Crippen LogP contribution is 2.14. The quantitative estimate of drug-likeness (QED) is 0.925. The summed E-state index contributed by atoms with van der Waals surface area (Å²) >= 11 is 4.74. The highest BCUT2D eigenvalue weighted by Gasteiger charge is 2.08. The van der Waals surface area contributed by atoms with Crippen molar-refractivity contribution in [2.75, 3.05) is 6.54 Å². The number of hydrogen-bond acceptors (Lipinski definition) is 3. The maximum Gasteiger partial charge on any atom is 0.251 e. The van der Waals surface area contributed by atoms with Gasteiger partial charge >= 0.3 is 0 Å². The summed E-state index contributed by atoms with van der Waals surface area (Å²) in [7, 11) is 0. The van der Waals surface area contributed by atoms with Crippen LogP contribution in [0.15, 0.2) is 28.1 Å². The van der Waals surface area contributed by atoms with Crippen LogP contribution in [0.25, 0.3) is 0 Å². The topological polar surface area (TPSA) is 42.0 Å². The Morgan fingerprint density at radius 2 is 2.26 bits per heavy atom. The second-order valence-electron chi connectivity index (χ2n) is 4.02. The van der Waals surface area contributed by atoms with Gasteiger partial charge in [0, 0.05) is 28.4 Å². The monoisotopic (exact) mass is 342 g/mol. The number of aromatic nitrogens is 1. The van der Waals surface area contributed by atoms with Crippen molar-refractivity contribution in [3.8, 4) is 0 Å². The molecule has 1 aromatic heterocycles. The molecule has 0 spiro atoms. The summed E-state index contributed by atoms with van der Waals surface area (Å²) in [5.74, 6) is -0.721. The van der Waals surface area contributed by atoms with E-state index < -0.39 is 5.82 Å². The van der Waals surface area contributed by atoms with Gasteiger partial charge in [0.1, 0.15) is 5.82 Å². The molecule has 2 rings (SSSR count).